The van der Waals surface area contributed by atoms with Crippen molar-refractivity contribution < 1.29 is 9.90 Å². The Hall–Kier alpha value is -2.71. The molecule has 0 saturated heterocycles. The standard InChI is InChI=1S/C15H13N3O2/c19-9-2-1-4-12-6-8-17-14(10-12)18-15(20)13-5-3-7-16-11-13/h3,5-8,10-11,19H,2,9H2,(H,17,18,20). The van der Waals surface area contributed by atoms with E-state index in [1.165, 1.54) is 6.20 Å². The highest BCUT2D eigenvalue weighted by Crippen LogP contribution is 2.08. The molecule has 0 saturated carbocycles. The topological polar surface area (TPSA) is 75.1 Å². The fourth-order valence-corrected chi connectivity index (χ4v) is 1.48. The average molecular weight is 267 g/mol. The highest BCUT2D eigenvalue weighted by atomic mass is 16.2. The van der Waals surface area contributed by atoms with Gasteiger partial charge < -0.3 is 10.4 Å². The van der Waals surface area contributed by atoms with Gasteiger partial charge in [0.1, 0.15) is 5.82 Å². The van der Waals surface area contributed by atoms with Gasteiger partial charge in [-0.1, -0.05) is 11.8 Å². The first-order valence-electron chi connectivity index (χ1n) is 6.07. The molecular weight excluding hydrogens is 254 g/mol. The number of aromatic nitrogens is 2. The molecule has 2 aromatic rings. The van der Waals surface area contributed by atoms with Gasteiger partial charge in [-0.3, -0.25) is 9.78 Å². The molecule has 2 N–H and O–H groups in total. The molecule has 5 nitrogen and oxygen atoms in total. The zero-order valence-electron chi connectivity index (χ0n) is 10.7. The molecule has 0 aromatic carbocycles. The molecule has 5 heteroatoms. The minimum absolute atomic E-state index is 0.0304. The van der Waals surface area contributed by atoms with Crippen LogP contribution in [-0.2, 0) is 0 Å². The van der Waals surface area contributed by atoms with Crippen LogP contribution >= 0.6 is 0 Å². The molecule has 0 unspecified atom stereocenters. The second-order valence-electron chi connectivity index (χ2n) is 3.90. The van der Waals surface area contributed by atoms with Crippen molar-refractivity contribution >= 4 is 11.7 Å². The van der Waals surface area contributed by atoms with Gasteiger partial charge in [0.05, 0.1) is 12.2 Å². The number of aliphatic hydroxyl groups is 1. The Labute approximate surface area is 116 Å². The van der Waals surface area contributed by atoms with Crippen molar-refractivity contribution in [2.45, 2.75) is 6.42 Å². The molecule has 0 aliphatic heterocycles. The number of rotatable bonds is 3. The third-order valence-corrected chi connectivity index (χ3v) is 2.39. The van der Waals surface area contributed by atoms with Crippen LogP contribution in [-0.4, -0.2) is 27.6 Å². The van der Waals surface area contributed by atoms with Gasteiger partial charge in [-0.2, -0.15) is 0 Å². The lowest BCUT2D eigenvalue weighted by molar-refractivity contribution is 0.102. The molecule has 20 heavy (non-hydrogen) atoms. The van der Waals surface area contributed by atoms with Crippen molar-refractivity contribution in [3.05, 3.63) is 54.0 Å². The van der Waals surface area contributed by atoms with Gasteiger partial charge in [-0.25, -0.2) is 4.98 Å². The summed E-state index contributed by atoms with van der Waals surface area (Å²) in [5, 5.41) is 11.3. The van der Waals surface area contributed by atoms with Gasteiger partial charge in [-0.05, 0) is 24.3 Å². The lowest BCUT2D eigenvalue weighted by Gasteiger charge is -2.04. The third kappa shape index (κ3) is 3.90. The molecule has 0 bridgehead atoms. The van der Waals surface area contributed by atoms with E-state index < -0.39 is 0 Å². The van der Waals surface area contributed by atoms with Gasteiger partial charge in [0.25, 0.3) is 5.91 Å². The molecule has 0 atom stereocenters. The Morgan fingerprint density at radius 1 is 1.35 bits per heavy atom. The zero-order chi connectivity index (χ0) is 14.2. The summed E-state index contributed by atoms with van der Waals surface area (Å²) >= 11 is 0. The monoisotopic (exact) mass is 267 g/mol. The molecule has 0 aliphatic rings. The predicted molar refractivity (Wildman–Crippen MR) is 75.0 cm³/mol. The van der Waals surface area contributed by atoms with Gasteiger partial charge in [0.2, 0.25) is 0 Å². The molecule has 1 amide bonds. The van der Waals surface area contributed by atoms with Crippen LogP contribution in [0.1, 0.15) is 22.3 Å². The fraction of sp³-hybridized carbons (Fsp3) is 0.133. The van der Waals surface area contributed by atoms with Crippen LogP contribution in [0.3, 0.4) is 0 Å². The van der Waals surface area contributed by atoms with Crippen molar-refractivity contribution in [2.75, 3.05) is 11.9 Å². The summed E-state index contributed by atoms with van der Waals surface area (Å²) < 4.78 is 0. The van der Waals surface area contributed by atoms with Crippen LogP contribution in [0, 0.1) is 11.8 Å². The minimum atomic E-state index is -0.272. The third-order valence-electron chi connectivity index (χ3n) is 2.39. The molecule has 0 aliphatic carbocycles. The van der Waals surface area contributed by atoms with E-state index in [-0.39, 0.29) is 12.5 Å². The van der Waals surface area contributed by atoms with Crippen LogP contribution in [0.25, 0.3) is 0 Å². The van der Waals surface area contributed by atoms with Crippen LogP contribution in [0.5, 0.6) is 0 Å². The summed E-state index contributed by atoms with van der Waals surface area (Å²) in [5.41, 5.74) is 1.20. The van der Waals surface area contributed by atoms with Crippen molar-refractivity contribution in [2.24, 2.45) is 0 Å². The molecule has 2 rings (SSSR count). The van der Waals surface area contributed by atoms with E-state index in [1.54, 1.807) is 36.7 Å². The normalized spacial score (nSPS) is 9.45. The Kier molecular flexibility index (Phi) is 4.81. The largest absolute Gasteiger partial charge is 0.395 e. The van der Waals surface area contributed by atoms with Crippen molar-refractivity contribution in [3.63, 3.8) is 0 Å². The second-order valence-corrected chi connectivity index (χ2v) is 3.90. The van der Waals surface area contributed by atoms with Gasteiger partial charge >= 0.3 is 0 Å². The number of amides is 1. The first kappa shape index (κ1) is 13.7. The highest BCUT2D eigenvalue weighted by Gasteiger charge is 2.06. The van der Waals surface area contributed by atoms with Crippen LogP contribution in [0.2, 0.25) is 0 Å². The van der Waals surface area contributed by atoms with Crippen LogP contribution < -0.4 is 5.32 Å². The van der Waals surface area contributed by atoms with Gasteiger partial charge in [0.15, 0.2) is 0 Å². The average Bonchev–Trinajstić information content (AvgIpc) is 2.49. The van der Waals surface area contributed by atoms with E-state index in [9.17, 15) is 4.79 Å². The summed E-state index contributed by atoms with van der Waals surface area (Å²) in [7, 11) is 0. The van der Waals surface area contributed by atoms with Gasteiger partial charge in [-0.15, -0.1) is 0 Å². The first-order chi connectivity index (χ1) is 9.79. The predicted octanol–water partition coefficient (Wildman–Crippen LogP) is 1.46. The number of hydrogen-bond acceptors (Lipinski definition) is 4. The van der Waals surface area contributed by atoms with Gasteiger partial charge in [0, 0.05) is 30.6 Å². The van der Waals surface area contributed by atoms with E-state index in [4.69, 9.17) is 5.11 Å². The SMILES string of the molecule is O=C(Nc1cc(C#CCCO)ccn1)c1cccnc1. The second kappa shape index (κ2) is 7.02. The zero-order valence-corrected chi connectivity index (χ0v) is 10.7. The number of nitrogens with zero attached hydrogens (tertiary/aromatic N) is 2. The quantitative estimate of drug-likeness (QED) is 0.826. The fourth-order valence-electron chi connectivity index (χ4n) is 1.48. The maximum Gasteiger partial charge on any atom is 0.258 e. The van der Waals surface area contributed by atoms with E-state index in [2.05, 4.69) is 27.1 Å². The maximum atomic E-state index is 11.9. The van der Waals surface area contributed by atoms with E-state index >= 15 is 0 Å². The molecule has 100 valence electrons. The smallest absolute Gasteiger partial charge is 0.258 e. The molecule has 2 aromatic heterocycles. The number of aliphatic hydroxyl groups excluding tert-OH is 1. The van der Waals surface area contributed by atoms with E-state index in [0.29, 0.717) is 17.8 Å². The highest BCUT2D eigenvalue weighted by molar-refractivity contribution is 6.03. The molecule has 0 spiro atoms. The summed E-state index contributed by atoms with van der Waals surface area (Å²) in [4.78, 5) is 19.9. The number of carbonyl (C=O) groups is 1. The Morgan fingerprint density at radius 3 is 3.00 bits per heavy atom. The molecule has 2 heterocycles. The Morgan fingerprint density at radius 2 is 2.25 bits per heavy atom. The summed E-state index contributed by atoms with van der Waals surface area (Å²) in [6, 6.07) is 6.79. The Balaban J connectivity index is 2.09. The molecule has 0 radical (unpaired) electrons. The number of pyridine rings is 2. The van der Waals surface area contributed by atoms with Crippen molar-refractivity contribution in [3.8, 4) is 11.8 Å². The number of carbonyl (C=O) groups excluding carboxylic acids is 1. The molecule has 0 fully saturated rings. The van der Waals surface area contributed by atoms with E-state index in [0.717, 1.165) is 5.56 Å². The first-order valence-corrected chi connectivity index (χ1v) is 6.07. The minimum Gasteiger partial charge on any atom is -0.395 e. The summed E-state index contributed by atoms with van der Waals surface area (Å²) in [6.07, 6.45) is 5.08. The summed E-state index contributed by atoms with van der Waals surface area (Å²) in [5.74, 6) is 5.85. The lowest BCUT2D eigenvalue weighted by atomic mass is 10.2. The van der Waals surface area contributed by atoms with Crippen molar-refractivity contribution in [1.29, 1.82) is 0 Å². The maximum absolute atomic E-state index is 11.9. The van der Waals surface area contributed by atoms with Crippen LogP contribution in [0.4, 0.5) is 5.82 Å². The number of hydrogen-bond donors (Lipinski definition) is 2. The Bertz CT molecular complexity index is 645. The number of anilines is 1. The number of nitrogens with one attached hydrogen (secondary N) is 1. The lowest BCUT2D eigenvalue weighted by Crippen LogP contribution is -2.13. The molecular formula is C15H13N3O2. The summed E-state index contributed by atoms with van der Waals surface area (Å²) in [6.45, 7) is 0.0304. The van der Waals surface area contributed by atoms with Crippen molar-refractivity contribution in [1.82, 2.24) is 9.97 Å². The van der Waals surface area contributed by atoms with E-state index in [1.807, 2.05) is 0 Å². The van der Waals surface area contributed by atoms with Crippen LogP contribution in [0.15, 0.2) is 42.9 Å².